The fourth-order valence-electron chi connectivity index (χ4n) is 3.23. The predicted molar refractivity (Wildman–Crippen MR) is 88.5 cm³/mol. The molecule has 0 spiro atoms. The molecule has 2 N–H and O–H groups in total. The van der Waals surface area contributed by atoms with E-state index < -0.39 is 0 Å². The first-order valence-electron chi connectivity index (χ1n) is 8.15. The van der Waals surface area contributed by atoms with Gasteiger partial charge in [-0.1, -0.05) is 0 Å². The average molecular weight is 329 g/mol. The topological polar surface area (TPSA) is 83.7 Å². The first-order valence-corrected chi connectivity index (χ1v) is 8.15. The van der Waals surface area contributed by atoms with Crippen LogP contribution in [0.5, 0.6) is 5.75 Å². The number of rotatable bonds is 1. The molecular weight excluding hydrogens is 310 g/mol. The maximum Gasteiger partial charge on any atom is 0.410 e. The van der Waals surface area contributed by atoms with Crippen molar-refractivity contribution < 1.29 is 14.3 Å². The molecule has 126 valence electrons. The summed E-state index contributed by atoms with van der Waals surface area (Å²) in [7, 11) is 0. The number of piperazine rings is 1. The molecule has 24 heavy (non-hydrogen) atoms. The van der Waals surface area contributed by atoms with E-state index in [-0.39, 0.29) is 17.8 Å². The smallest absolute Gasteiger partial charge is 0.410 e. The van der Waals surface area contributed by atoms with Crippen molar-refractivity contribution >= 4 is 17.0 Å². The molecule has 0 saturated carbocycles. The lowest BCUT2D eigenvalue weighted by Gasteiger charge is -2.31. The molecule has 2 aliphatic heterocycles. The summed E-state index contributed by atoms with van der Waals surface area (Å²) in [5, 5.41) is 4.13. The van der Waals surface area contributed by atoms with Gasteiger partial charge in [-0.15, -0.1) is 0 Å². The summed E-state index contributed by atoms with van der Waals surface area (Å²) in [6.07, 6.45) is -0.0316. The minimum atomic E-state index is -0.322. The Bertz CT molecular complexity index is 826. The first-order chi connectivity index (χ1) is 11.7. The fraction of sp³-hybridized carbons (Fsp3) is 0.412. The number of hydrogen-bond acceptors (Lipinski definition) is 5. The van der Waals surface area contributed by atoms with Crippen LogP contribution in [0.2, 0.25) is 0 Å². The molecule has 1 atom stereocenters. The van der Waals surface area contributed by atoms with Crippen LogP contribution >= 0.6 is 0 Å². The number of aromatic amines is 1. The molecule has 4 rings (SSSR count). The summed E-state index contributed by atoms with van der Waals surface area (Å²) in [5.41, 5.74) is 1.59. The second-order valence-electron chi connectivity index (χ2n) is 6.08. The minimum Gasteiger partial charge on any atom is -0.489 e. The first kappa shape index (κ1) is 15.0. The number of benzene rings is 1. The summed E-state index contributed by atoms with van der Waals surface area (Å²) < 4.78 is 11.4. The van der Waals surface area contributed by atoms with Crippen LogP contribution in [-0.2, 0) is 11.2 Å². The standard InChI is InChI=1S/C17H19N3O4/c21-16-4-1-12-13-9-11(10-23-15(13)3-2-14(12)19-16)24-17(22)20-7-5-18-6-8-20/h1-4,11,18H,5-10H2,(H,19,21). The second kappa shape index (κ2) is 6.16. The lowest BCUT2D eigenvalue weighted by molar-refractivity contribution is 0.0301. The van der Waals surface area contributed by atoms with Crippen molar-refractivity contribution in [3.05, 3.63) is 40.2 Å². The molecule has 0 radical (unpaired) electrons. The Morgan fingerprint density at radius 1 is 1.21 bits per heavy atom. The molecule has 1 amide bonds. The van der Waals surface area contributed by atoms with Crippen LogP contribution in [0.25, 0.3) is 10.9 Å². The third-order valence-corrected chi connectivity index (χ3v) is 4.47. The van der Waals surface area contributed by atoms with Gasteiger partial charge in [0.1, 0.15) is 18.5 Å². The van der Waals surface area contributed by atoms with E-state index in [0.717, 1.165) is 35.3 Å². The molecule has 1 fully saturated rings. The van der Waals surface area contributed by atoms with Crippen LogP contribution in [0.4, 0.5) is 4.79 Å². The van der Waals surface area contributed by atoms with Crippen LogP contribution < -0.4 is 15.6 Å². The molecule has 1 aromatic heterocycles. The van der Waals surface area contributed by atoms with Gasteiger partial charge in [0.2, 0.25) is 5.56 Å². The molecule has 2 aliphatic rings. The Morgan fingerprint density at radius 3 is 2.88 bits per heavy atom. The van der Waals surface area contributed by atoms with Gasteiger partial charge >= 0.3 is 6.09 Å². The van der Waals surface area contributed by atoms with Crippen molar-refractivity contribution in [2.24, 2.45) is 0 Å². The van der Waals surface area contributed by atoms with E-state index >= 15 is 0 Å². The number of H-pyrrole nitrogens is 1. The van der Waals surface area contributed by atoms with Gasteiger partial charge in [0.15, 0.2) is 0 Å². The highest BCUT2D eigenvalue weighted by Gasteiger charge is 2.27. The zero-order valence-corrected chi connectivity index (χ0v) is 13.2. The highest BCUT2D eigenvalue weighted by Crippen LogP contribution is 2.31. The summed E-state index contributed by atoms with van der Waals surface area (Å²) in [4.78, 5) is 28.3. The molecule has 3 heterocycles. The van der Waals surface area contributed by atoms with Crippen molar-refractivity contribution in [1.29, 1.82) is 0 Å². The maximum absolute atomic E-state index is 12.3. The van der Waals surface area contributed by atoms with E-state index in [1.54, 1.807) is 11.0 Å². The molecule has 0 bridgehead atoms. The Labute approximate surface area is 138 Å². The monoisotopic (exact) mass is 329 g/mol. The summed E-state index contributed by atoms with van der Waals surface area (Å²) in [6.45, 7) is 3.24. The van der Waals surface area contributed by atoms with Crippen molar-refractivity contribution in [2.45, 2.75) is 12.5 Å². The lowest BCUT2D eigenvalue weighted by Crippen LogP contribution is -2.48. The van der Waals surface area contributed by atoms with E-state index in [1.807, 2.05) is 12.1 Å². The van der Waals surface area contributed by atoms with E-state index in [4.69, 9.17) is 9.47 Å². The zero-order valence-electron chi connectivity index (χ0n) is 13.2. The van der Waals surface area contributed by atoms with Gasteiger partial charge in [-0.2, -0.15) is 0 Å². The number of carbonyl (C=O) groups excluding carboxylic acids is 1. The van der Waals surface area contributed by atoms with Gasteiger partial charge in [0.05, 0.1) is 0 Å². The van der Waals surface area contributed by atoms with Gasteiger partial charge in [-0.25, -0.2) is 4.79 Å². The molecule has 7 heteroatoms. The van der Waals surface area contributed by atoms with Crippen LogP contribution in [0.15, 0.2) is 29.1 Å². The van der Waals surface area contributed by atoms with E-state index in [0.29, 0.717) is 26.1 Å². The number of carbonyl (C=O) groups is 1. The van der Waals surface area contributed by atoms with Gasteiger partial charge in [0.25, 0.3) is 0 Å². The minimum absolute atomic E-state index is 0.138. The van der Waals surface area contributed by atoms with Crippen molar-refractivity contribution in [2.75, 3.05) is 32.8 Å². The number of fused-ring (bicyclic) bond motifs is 3. The number of pyridine rings is 1. The highest BCUT2D eigenvalue weighted by atomic mass is 16.6. The van der Waals surface area contributed by atoms with E-state index in [1.165, 1.54) is 6.07 Å². The van der Waals surface area contributed by atoms with Crippen LogP contribution in [0, 0.1) is 0 Å². The summed E-state index contributed by atoms with van der Waals surface area (Å²) >= 11 is 0. The van der Waals surface area contributed by atoms with Gasteiger partial charge < -0.3 is 24.7 Å². The Hall–Kier alpha value is -2.54. The summed E-state index contributed by atoms with van der Waals surface area (Å²) in [6, 6.07) is 6.97. The van der Waals surface area contributed by atoms with Crippen molar-refractivity contribution in [1.82, 2.24) is 15.2 Å². The largest absolute Gasteiger partial charge is 0.489 e. The zero-order chi connectivity index (χ0) is 16.5. The third kappa shape index (κ3) is 2.82. The third-order valence-electron chi connectivity index (χ3n) is 4.47. The van der Waals surface area contributed by atoms with Gasteiger partial charge in [-0.05, 0) is 18.2 Å². The van der Waals surface area contributed by atoms with Crippen molar-refractivity contribution in [3.8, 4) is 5.75 Å². The lowest BCUT2D eigenvalue weighted by atomic mass is 9.99. The molecule has 0 aliphatic carbocycles. The van der Waals surface area contributed by atoms with Crippen molar-refractivity contribution in [3.63, 3.8) is 0 Å². The average Bonchev–Trinajstić information content (AvgIpc) is 2.62. The highest BCUT2D eigenvalue weighted by molar-refractivity contribution is 5.84. The van der Waals surface area contributed by atoms with Crippen LogP contribution in [0.1, 0.15) is 5.56 Å². The molecule has 1 saturated heterocycles. The SMILES string of the molecule is O=C(OC1COc2ccc3[nH]c(=O)ccc3c2C1)N1CCNCC1. The number of nitrogens with one attached hydrogen (secondary N) is 2. The number of amides is 1. The number of aromatic nitrogens is 1. The Balaban J connectivity index is 1.54. The molecule has 1 aromatic carbocycles. The summed E-state index contributed by atoms with van der Waals surface area (Å²) in [5.74, 6) is 0.782. The van der Waals surface area contributed by atoms with Gasteiger partial charge in [-0.3, -0.25) is 4.79 Å². The molecule has 2 aromatic rings. The van der Waals surface area contributed by atoms with Crippen LogP contribution in [-0.4, -0.2) is 54.9 Å². The Morgan fingerprint density at radius 2 is 2.04 bits per heavy atom. The van der Waals surface area contributed by atoms with Gasteiger partial charge in [0, 0.05) is 55.1 Å². The number of nitrogens with zero attached hydrogens (tertiary/aromatic N) is 1. The molecule has 7 nitrogen and oxygen atoms in total. The predicted octanol–water partition coefficient (Wildman–Crippen LogP) is 0.873. The molecular formula is C17H19N3O4. The van der Waals surface area contributed by atoms with Crippen LogP contribution in [0.3, 0.4) is 0 Å². The Kier molecular flexibility index (Phi) is 3.86. The second-order valence-corrected chi connectivity index (χ2v) is 6.08. The number of ether oxygens (including phenoxy) is 2. The van der Waals surface area contributed by atoms with E-state index in [9.17, 15) is 9.59 Å². The van der Waals surface area contributed by atoms with E-state index in [2.05, 4.69) is 10.3 Å². The normalized spacial score (nSPS) is 20.3. The quantitative estimate of drug-likeness (QED) is 0.811. The number of hydrogen-bond donors (Lipinski definition) is 2. The molecule has 1 unspecified atom stereocenters. The maximum atomic E-state index is 12.3. The fourth-order valence-corrected chi connectivity index (χ4v) is 3.23.